The summed E-state index contributed by atoms with van der Waals surface area (Å²) >= 11 is 3.30. The summed E-state index contributed by atoms with van der Waals surface area (Å²) < 4.78 is 0.866. The lowest BCUT2D eigenvalue weighted by Crippen LogP contribution is -2.42. The highest BCUT2D eigenvalue weighted by molar-refractivity contribution is 9.10. The van der Waals surface area contributed by atoms with Crippen molar-refractivity contribution in [3.05, 3.63) is 34.3 Å². The van der Waals surface area contributed by atoms with Crippen molar-refractivity contribution in [2.24, 2.45) is 5.73 Å². The smallest absolute Gasteiger partial charge is 0.325 e. The fourth-order valence-corrected chi connectivity index (χ4v) is 2.24. The fraction of sp³-hybridized carbons (Fsp3) is 0.250. The number of urea groups is 1. The second-order valence-electron chi connectivity index (χ2n) is 4.42. The predicted molar refractivity (Wildman–Crippen MR) is 70.9 cm³/mol. The molecule has 0 aliphatic carbocycles. The SMILES string of the molecule is CC1(c2ccc(Br)cc2)NC(=O)N(CC(N)=O)C1=O. The first-order valence-corrected chi connectivity index (χ1v) is 6.32. The average molecular weight is 326 g/mol. The Morgan fingerprint density at radius 2 is 1.95 bits per heavy atom. The zero-order chi connectivity index (χ0) is 14.2. The van der Waals surface area contributed by atoms with Gasteiger partial charge in [0.15, 0.2) is 0 Å². The Morgan fingerprint density at radius 3 is 2.47 bits per heavy atom. The number of nitrogens with one attached hydrogen (secondary N) is 1. The summed E-state index contributed by atoms with van der Waals surface area (Å²) in [5, 5.41) is 2.59. The van der Waals surface area contributed by atoms with Crippen molar-refractivity contribution in [2.75, 3.05) is 6.54 Å². The van der Waals surface area contributed by atoms with Crippen molar-refractivity contribution < 1.29 is 14.4 Å². The Balaban J connectivity index is 2.35. The van der Waals surface area contributed by atoms with Gasteiger partial charge in [0.1, 0.15) is 12.1 Å². The normalized spacial score (nSPS) is 22.5. The molecular formula is C12H12BrN3O3. The minimum absolute atomic E-state index is 0.420. The summed E-state index contributed by atoms with van der Waals surface area (Å²) in [6.45, 7) is 1.17. The zero-order valence-electron chi connectivity index (χ0n) is 10.1. The van der Waals surface area contributed by atoms with E-state index in [1.165, 1.54) is 0 Å². The number of imide groups is 1. The van der Waals surface area contributed by atoms with E-state index in [1.807, 2.05) is 0 Å². The van der Waals surface area contributed by atoms with Crippen LogP contribution in [-0.2, 0) is 15.1 Å². The van der Waals surface area contributed by atoms with E-state index in [2.05, 4.69) is 21.2 Å². The van der Waals surface area contributed by atoms with Gasteiger partial charge in [0.05, 0.1) is 0 Å². The summed E-state index contributed by atoms with van der Waals surface area (Å²) in [7, 11) is 0. The van der Waals surface area contributed by atoms with Crippen LogP contribution in [0.25, 0.3) is 0 Å². The summed E-state index contributed by atoms with van der Waals surface area (Å²) in [6, 6.07) is 6.40. The molecule has 1 heterocycles. The quantitative estimate of drug-likeness (QED) is 0.801. The molecule has 1 aliphatic rings. The van der Waals surface area contributed by atoms with Crippen molar-refractivity contribution in [3.8, 4) is 0 Å². The van der Waals surface area contributed by atoms with Gasteiger partial charge in [-0.25, -0.2) is 4.79 Å². The summed E-state index contributed by atoms with van der Waals surface area (Å²) in [6.07, 6.45) is 0. The van der Waals surface area contributed by atoms with Gasteiger partial charge in [0.2, 0.25) is 5.91 Å². The molecule has 1 saturated heterocycles. The number of rotatable bonds is 3. The van der Waals surface area contributed by atoms with Crippen LogP contribution in [0, 0.1) is 0 Å². The third-order valence-corrected chi connectivity index (χ3v) is 3.54. The maximum absolute atomic E-state index is 12.3. The van der Waals surface area contributed by atoms with E-state index in [4.69, 9.17) is 5.73 Å². The maximum atomic E-state index is 12.3. The molecule has 19 heavy (non-hydrogen) atoms. The number of amides is 4. The molecule has 1 unspecified atom stereocenters. The number of nitrogens with zero attached hydrogens (tertiary/aromatic N) is 1. The van der Waals surface area contributed by atoms with Gasteiger partial charge in [-0.2, -0.15) is 0 Å². The molecule has 4 amide bonds. The first-order chi connectivity index (χ1) is 8.84. The van der Waals surface area contributed by atoms with Gasteiger partial charge in [-0.15, -0.1) is 0 Å². The second kappa shape index (κ2) is 4.65. The lowest BCUT2D eigenvalue weighted by Gasteiger charge is -2.22. The van der Waals surface area contributed by atoms with E-state index in [1.54, 1.807) is 31.2 Å². The van der Waals surface area contributed by atoms with Gasteiger partial charge >= 0.3 is 6.03 Å². The predicted octanol–water partition coefficient (Wildman–Crippen LogP) is 0.701. The highest BCUT2D eigenvalue weighted by Crippen LogP contribution is 2.29. The van der Waals surface area contributed by atoms with E-state index in [-0.39, 0.29) is 0 Å². The minimum atomic E-state index is -1.17. The lowest BCUT2D eigenvalue weighted by molar-refractivity contribution is -0.134. The van der Waals surface area contributed by atoms with E-state index < -0.39 is 29.9 Å². The molecule has 0 saturated carbocycles. The van der Waals surface area contributed by atoms with E-state index in [0.29, 0.717) is 5.56 Å². The highest BCUT2D eigenvalue weighted by atomic mass is 79.9. The van der Waals surface area contributed by atoms with E-state index in [0.717, 1.165) is 9.37 Å². The van der Waals surface area contributed by atoms with Crippen LogP contribution >= 0.6 is 15.9 Å². The molecule has 1 aromatic rings. The molecule has 100 valence electrons. The first-order valence-electron chi connectivity index (χ1n) is 5.53. The third kappa shape index (κ3) is 2.33. The molecule has 6 nitrogen and oxygen atoms in total. The molecule has 3 N–H and O–H groups in total. The number of primary amides is 1. The van der Waals surface area contributed by atoms with Crippen LogP contribution in [0.15, 0.2) is 28.7 Å². The lowest BCUT2D eigenvalue weighted by atomic mass is 9.92. The van der Waals surface area contributed by atoms with Crippen LogP contribution in [0.4, 0.5) is 4.79 Å². The molecule has 0 aromatic heterocycles. The summed E-state index contributed by atoms with van der Waals surface area (Å²) in [5.74, 6) is -1.22. The van der Waals surface area contributed by atoms with Gasteiger partial charge in [-0.1, -0.05) is 28.1 Å². The maximum Gasteiger partial charge on any atom is 0.325 e. The minimum Gasteiger partial charge on any atom is -0.368 e. The van der Waals surface area contributed by atoms with Crippen LogP contribution < -0.4 is 11.1 Å². The Labute approximate surface area is 118 Å². The van der Waals surface area contributed by atoms with Crippen molar-refractivity contribution in [1.29, 1.82) is 0 Å². The number of nitrogens with two attached hydrogens (primary N) is 1. The first kappa shape index (κ1) is 13.5. The monoisotopic (exact) mass is 325 g/mol. The molecule has 1 atom stereocenters. The zero-order valence-corrected chi connectivity index (χ0v) is 11.7. The number of hydrogen-bond acceptors (Lipinski definition) is 3. The van der Waals surface area contributed by atoms with Gasteiger partial charge in [-0.05, 0) is 24.6 Å². The largest absolute Gasteiger partial charge is 0.368 e. The van der Waals surface area contributed by atoms with Gasteiger partial charge in [-0.3, -0.25) is 14.5 Å². The van der Waals surface area contributed by atoms with Crippen LogP contribution in [0.3, 0.4) is 0 Å². The van der Waals surface area contributed by atoms with Gasteiger partial charge in [0.25, 0.3) is 5.91 Å². The van der Waals surface area contributed by atoms with Crippen molar-refractivity contribution >= 4 is 33.8 Å². The number of halogens is 1. The van der Waals surface area contributed by atoms with E-state index in [9.17, 15) is 14.4 Å². The summed E-state index contributed by atoms with van der Waals surface area (Å²) in [5.41, 5.74) is 4.49. The molecule has 1 aliphatic heterocycles. The molecule has 1 aromatic carbocycles. The second-order valence-corrected chi connectivity index (χ2v) is 5.34. The van der Waals surface area contributed by atoms with Crippen LogP contribution in [0.2, 0.25) is 0 Å². The molecule has 0 radical (unpaired) electrons. The van der Waals surface area contributed by atoms with E-state index >= 15 is 0 Å². The Kier molecular flexibility index (Phi) is 3.32. The highest BCUT2D eigenvalue weighted by Gasteiger charge is 2.49. The van der Waals surface area contributed by atoms with Crippen LogP contribution in [0.1, 0.15) is 12.5 Å². The Morgan fingerprint density at radius 1 is 1.37 bits per heavy atom. The Bertz CT molecular complexity index is 558. The molecule has 1 fully saturated rings. The van der Waals surface area contributed by atoms with Crippen LogP contribution in [0.5, 0.6) is 0 Å². The fourth-order valence-electron chi connectivity index (χ4n) is 1.98. The molecule has 0 spiro atoms. The molecular weight excluding hydrogens is 314 g/mol. The molecule has 7 heteroatoms. The van der Waals surface area contributed by atoms with Crippen molar-refractivity contribution in [3.63, 3.8) is 0 Å². The van der Waals surface area contributed by atoms with Crippen molar-refractivity contribution in [1.82, 2.24) is 10.2 Å². The van der Waals surface area contributed by atoms with Gasteiger partial charge < -0.3 is 11.1 Å². The molecule has 2 rings (SSSR count). The third-order valence-electron chi connectivity index (χ3n) is 3.01. The van der Waals surface area contributed by atoms with Crippen molar-refractivity contribution in [2.45, 2.75) is 12.5 Å². The topological polar surface area (TPSA) is 92.5 Å². The standard InChI is InChI=1S/C12H12BrN3O3/c1-12(7-2-4-8(13)5-3-7)10(18)16(6-9(14)17)11(19)15-12/h2-5H,6H2,1H3,(H2,14,17)(H,15,19). The number of carbonyl (C=O) groups is 3. The molecule has 0 bridgehead atoms. The average Bonchev–Trinajstić information content (AvgIpc) is 2.54. The Hall–Kier alpha value is -1.89. The summed E-state index contributed by atoms with van der Waals surface area (Å²) in [4.78, 5) is 35.7. The van der Waals surface area contributed by atoms with Gasteiger partial charge in [0, 0.05) is 4.47 Å². The number of benzene rings is 1. The van der Waals surface area contributed by atoms with Crippen LogP contribution in [-0.4, -0.2) is 29.3 Å². The number of carbonyl (C=O) groups excluding carboxylic acids is 3. The number of hydrogen-bond donors (Lipinski definition) is 2.